The summed E-state index contributed by atoms with van der Waals surface area (Å²) in [4.78, 5) is 1.27. The average Bonchev–Trinajstić information content (AvgIpc) is 2.88. The van der Waals surface area contributed by atoms with Gasteiger partial charge in [0.05, 0.1) is 11.4 Å². The lowest BCUT2D eigenvalue weighted by Crippen LogP contribution is -2.14. The molecule has 18 heavy (non-hydrogen) atoms. The van der Waals surface area contributed by atoms with Gasteiger partial charge in [0.2, 0.25) is 0 Å². The van der Waals surface area contributed by atoms with Crippen LogP contribution in [0.4, 0.5) is 0 Å². The van der Waals surface area contributed by atoms with Crippen LogP contribution in [0.2, 0.25) is 0 Å². The van der Waals surface area contributed by atoms with Gasteiger partial charge in [-0.15, -0.1) is 11.8 Å². The van der Waals surface area contributed by atoms with Gasteiger partial charge in [0, 0.05) is 17.6 Å². The summed E-state index contributed by atoms with van der Waals surface area (Å²) in [6.07, 6.45) is 5.24. The molecule has 0 saturated carbocycles. The fraction of sp³-hybridized carbons (Fsp3) is 0.357. The number of benzene rings is 1. The van der Waals surface area contributed by atoms with Gasteiger partial charge in [-0.05, 0) is 49.6 Å². The molecule has 0 amide bonds. The van der Waals surface area contributed by atoms with E-state index in [9.17, 15) is 0 Å². The van der Waals surface area contributed by atoms with Gasteiger partial charge in [-0.1, -0.05) is 6.92 Å². The highest BCUT2D eigenvalue weighted by Crippen LogP contribution is 2.16. The minimum atomic E-state index is 0.837. The van der Waals surface area contributed by atoms with E-state index in [4.69, 9.17) is 0 Å². The highest BCUT2D eigenvalue weighted by molar-refractivity contribution is 7.98. The van der Waals surface area contributed by atoms with Crippen LogP contribution in [0.3, 0.4) is 0 Å². The number of hydrogen-bond donors (Lipinski definition) is 1. The van der Waals surface area contributed by atoms with Crippen molar-refractivity contribution in [1.82, 2.24) is 15.1 Å². The van der Waals surface area contributed by atoms with E-state index in [1.54, 1.807) is 11.8 Å². The minimum Gasteiger partial charge on any atom is -0.311 e. The van der Waals surface area contributed by atoms with E-state index in [-0.39, 0.29) is 0 Å². The largest absolute Gasteiger partial charge is 0.311 e. The molecule has 3 nitrogen and oxygen atoms in total. The molecule has 0 fully saturated rings. The molecule has 4 heteroatoms. The molecule has 0 radical (unpaired) electrons. The number of hydrogen-bond acceptors (Lipinski definition) is 3. The summed E-state index contributed by atoms with van der Waals surface area (Å²) in [5.41, 5.74) is 2.19. The lowest BCUT2D eigenvalue weighted by Gasteiger charge is -2.03. The van der Waals surface area contributed by atoms with Gasteiger partial charge in [-0.2, -0.15) is 5.10 Å². The Morgan fingerprint density at radius 1 is 1.22 bits per heavy atom. The molecule has 0 aliphatic rings. The Hall–Kier alpha value is -1.26. The number of nitrogens with zero attached hydrogens (tertiary/aromatic N) is 2. The van der Waals surface area contributed by atoms with Crippen molar-refractivity contribution in [2.75, 3.05) is 12.8 Å². The molecule has 2 rings (SSSR count). The van der Waals surface area contributed by atoms with Crippen LogP contribution in [0, 0.1) is 0 Å². The monoisotopic (exact) mass is 261 g/mol. The first-order chi connectivity index (χ1) is 8.83. The Kier molecular flexibility index (Phi) is 4.84. The van der Waals surface area contributed by atoms with Crippen molar-refractivity contribution in [2.24, 2.45) is 0 Å². The lowest BCUT2D eigenvalue weighted by atomic mass is 10.3. The zero-order valence-electron chi connectivity index (χ0n) is 10.9. The molecule has 0 bridgehead atoms. The summed E-state index contributed by atoms with van der Waals surface area (Å²) in [6, 6.07) is 10.5. The molecule has 2 aromatic rings. The molecule has 0 atom stereocenters. The fourth-order valence-corrected chi connectivity index (χ4v) is 2.14. The summed E-state index contributed by atoms with van der Waals surface area (Å²) in [5, 5.41) is 7.91. The predicted molar refractivity (Wildman–Crippen MR) is 77.3 cm³/mol. The minimum absolute atomic E-state index is 0.837. The van der Waals surface area contributed by atoms with E-state index in [1.807, 2.05) is 10.9 Å². The summed E-state index contributed by atoms with van der Waals surface area (Å²) < 4.78 is 1.92. The van der Waals surface area contributed by atoms with Gasteiger partial charge in [0.1, 0.15) is 0 Å². The number of nitrogens with one attached hydrogen (secondary N) is 1. The third kappa shape index (κ3) is 3.37. The van der Waals surface area contributed by atoms with Crippen LogP contribution in [0.15, 0.2) is 41.4 Å². The van der Waals surface area contributed by atoms with E-state index < -0.39 is 0 Å². The maximum atomic E-state index is 4.56. The fourth-order valence-electron chi connectivity index (χ4n) is 1.73. The molecule has 0 spiro atoms. The quantitative estimate of drug-likeness (QED) is 0.640. The highest BCUT2D eigenvalue weighted by atomic mass is 32.2. The third-order valence-electron chi connectivity index (χ3n) is 2.71. The van der Waals surface area contributed by atoms with E-state index >= 15 is 0 Å². The predicted octanol–water partition coefficient (Wildman–Crippen LogP) is 3.09. The van der Waals surface area contributed by atoms with E-state index in [1.165, 1.54) is 4.90 Å². The molecular weight excluding hydrogens is 242 g/mol. The maximum Gasteiger partial charge on any atom is 0.0766 e. The molecule has 0 aliphatic carbocycles. The van der Waals surface area contributed by atoms with Crippen LogP contribution in [-0.2, 0) is 6.54 Å². The zero-order valence-corrected chi connectivity index (χ0v) is 11.7. The maximum absolute atomic E-state index is 4.56. The molecule has 1 heterocycles. The van der Waals surface area contributed by atoms with Crippen molar-refractivity contribution in [2.45, 2.75) is 24.8 Å². The lowest BCUT2D eigenvalue weighted by molar-refractivity contribution is 0.656. The molecule has 96 valence electrons. The van der Waals surface area contributed by atoms with Gasteiger partial charge in [0.25, 0.3) is 0 Å². The zero-order chi connectivity index (χ0) is 12.8. The SMILES string of the molecule is CCCNCc1ccn(-c2ccc(SC)cc2)n1. The van der Waals surface area contributed by atoms with Gasteiger partial charge >= 0.3 is 0 Å². The van der Waals surface area contributed by atoms with Gasteiger partial charge < -0.3 is 5.32 Å². The summed E-state index contributed by atoms with van der Waals surface area (Å²) in [5.74, 6) is 0. The Labute approximate surface area is 113 Å². The van der Waals surface area contributed by atoms with Crippen LogP contribution in [0.1, 0.15) is 19.0 Å². The molecule has 0 saturated heterocycles. The second-order valence-corrected chi connectivity index (χ2v) is 5.01. The normalized spacial score (nSPS) is 10.8. The first-order valence-electron chi connectivity index (χ1n) is 6.23. The molecule has 1 aromatic carbocycles. The van der Waals surface area contributed by atoms with Crippen molar-refractivity contribution >= 4 is 11.8 Å². The summed E-state index contributed by atoms with van der Waals surface area (Å²) in [7, 11) is 0. The number of aromatic nitrogens is 2. The van der Waals surface area contributed by atoms with E-state index in [0.717, 1.165) is 30.9 Å². The second-order valence-electron chi connectivity index (χ2n) is 4.13. The van der Waals surface area contributed by atoms with Crippen molar-refractivity contribution < 1.29 is 0 Å². The second kappa shape index (κ2) is 6.61. The number of thioether (sulfide) groups is 1. The Morgan fingerprint density at radius 3 is 2.67 bits per heavy atom. The van der Waals surface area contributed by atoms with Crippen molar-refractivity contribution in [3.8, 4) is 5.69 Å². The van der Waals surface area contributed by atoms with E-state index in [2.05, 4.69) is 53.9 Å². The van der Waals surface area contributed by atoms with Gasteiger partial charge in [-0.25, -0.2) is 4.68 Å². The van der Waals surface area contributed by atoms with Gasteiger partial charge in [0.15, 0.2) is 0 Å². The number of rotatable bonds is 6. The Bertz CT molecular complexity index is 476. The van der Waals surface area contributed by atoms with Crippen LogP contribution in [0.5, 0.6) is 0 Å². The van der Waals surface area contributed by atoms with Crippen LogP contribution >= 0.6 is 11.8 Å². The smallest absolute Gasteiger partial charge is 0.0766 e. The van der Waals surface area contributed by atoms with Crippen molar-refractivity contribution in [3.05, 3.63) is 42.2 Å². The topological polar surface area (TPSA) is 29.9 Å². The molecule has 1 N–H and O–H groups in total. The van der Waals surface area contributed by atoms with Crippen LogP contribution in [0.25, 0.3) is 5.69 Å². The molecule has 0 aliphatic heterocycles. The first-order valence-corrected chi connectivity index (χ1v) is 7.45. The van der Waals surface area contributed by atoms with Gasteiger partial charge in [-0.3, -0.25) is 0 Å². The third-order valence-corrected chi connectivity index (χ3v) is 3.46. The molecular formula is C14H19N3S. The van der Waals surface area contributed by atoms with Crippen molar-refractivity contribution in [3.63, 3.8) is 0 Å². The molecule has 0 unspecified atom stereocenters. The Balaban J connectivity index is 2.04. The average molecular weight is 261 g/mol. The summed E-state index contributed by atoms with van der Waals surface area (Å²) >= 11 is 1.75. The summed E-state index contributed by atoms with van der Waals surface area (Å²) in [6.45, 7) is 4.04. The standard InChI is InChI=1S/C14H19N3S/c1-3-9-15-11-12-8-10-17(16-12)13-4-6-14(18-2)7-5-13/h4-8,10,15H,3,9,11H2,1-2H3. The molecule has 1 aromatic heterocycles. The van der Waals surface area contributed by atoms with Crippen LogP contribution < -0.4 is 5.32 Å². The van der Waals surface area contributed by atoms with Crippen LogP contribution in [-0.4, -0.2) is 22.6 Å². The van der Waals surface area contributed by atoms with Crippen molar-refractivity contribution in [1.29, 1.82) is 0 Å². The Morgan fingerprint density at radius 2 is 2.00 bits per heavy atom. The van der Waals surface area contributed by atoms with E-state index in [0.29, 0.717) is 0 Å². The first kappa shape index (κ1) is 13.2. The highest BCUT2D eigenvalue weighted by Gasteiger charge is 2.01.